The van der Waals surface area contributed by atoms with Crippen LogP contribution in [0.15, 0.2) is 48.5 Å². The van der Waals surface area contributed by atoms with E-state index in [1.807, 2.05) is 25.1 Å². The van der Waals surface area contributed by atoms with Crippen LogP contribution in [0.2, 0.25) is 0 Å². The van der Waals surface area contributed by atoms with Crippen LogP contribution >= 0.6 is 0 Å². The third-order valence-electron chi connectivity index (χ3n) is 7.94. The Balaban J connectivity index is 1.57. The largest absolute Gasteiger partial charge is 0.493 e. The fourth-order valence-corrected chi connectivity index (χ4v) is 6.13. The van der Waals surface area contributed by atoms with Crippen LogP contribution in [-0.2, 0) is 16.0 Å². The van der Waals surface area contributed by atoms with Gasteiger partial charge in [0.25, 0.3) is 0 Å². The Bertz CT molecular complexity index is 1270. The van der Waals surface area contributed by atoms with Crippen LogP contribution in [0.1, 0.15) is 45.6 Å². The lowest BCUT2D eigenvalue weighted by Crippen LogP contribution is -2.31. The maximum Gasteiger partial charge on any atom is 0.203 e. The SMILES string of the molecule is CCC(=O)C1CCC(C(=O)Cc2ccc3cc(-c4cc(OC)c(OC)c(OC)c4)ccc3c2)C1C(C)C. The minimum atomic E-state index is -0.0291. The fraction of sp³-hybridized carbons (Fsp3) is 0.438. The number of hydrogen-bond donors (Lipinski definition) is 0. The van der Waals surface area contributed by atoms with Gasteiger partial charge in [0.05, 0.1) is 21.3 Å². The van der Waals surface area contributed by atoms with Crippen LogP contribution in [0.4, 0.5) is 0 Å². The number of fused-ring (bicyclic) bond motifs is 1. The number of hydrogen-bond acceptors (Lipinski definition) is 5. The first-order chi connectivity index (χ1) is 17.8. The van der Waals surface area contributed by atoms with Gasteiger partial charge in [0.1, 0.15) is 11.6 Å². The van der Waals surface area contributed by atoms with Crippen molar-refractivity contribution < 1.29 is 23.8 Å². The van der Waals surface area contributed by atoms with Gasteiger partial charge in [-0.2, -0.15) is 0 Å². The van der Waals surface area contributed by atoms with Crippen LogP contribution in [0.3, 0.4) is 0 Å². The molecule has 5 nitrogen and oxygen atoms in total. The molecular formula is C32H38O5. The Morgan fingerprint density at radius 1 is 0.784 bits per heavy atom. The summed E-state index contributed by atoms with van der Waals surface area (Å²) in [4.78, 5) is 25.9. The second kappa shape index (κ2) is 11.4. The Morgan fingerprint density at radius 2 is 1.38 bits per heavy atom. The Kier molecular flexibility index (Phi) is 8.21. The number of methoxy groups -OCH3 is 3. The summed E-state index contributed by atoms with van der Waals surface area (Å²) in [7, 11) is 4.82. The van der Waals surface area contributed by atoms with Gasteiger partial charge in [0.15, 0.2) is 11.5 Å². The summed E-state index contributed by atoms with van der Waals surface area (Å²) in [6, 6.07) is 16.4. The van der Waals surface area contributed by atoms with Crippen molar-refractivity contribution in [2.75, 3.05) is 21.3 Å². The lowest BCUT2D eigenvalue weighted by atomic mass is 9.76. The standard InChI is InChI=1S/C32H38O5/c1-7-27(33)25-12-13-26(31(25)19(2)3)28(34)15-20-8-9-22-16-23(11-10-21(22)14-20)24-17-29(35-4)32(37-6)30(18-24)36-5/h8-11,14,16-19,25-26,31H,7,12-13,15H2,1-6H3. The molecule has 196 valence electrons. The van der Waals surface area contributed by atoms with E-state index < -0.39 is 0 Å². The van der Waals surface area contributed by atoms with Crippen LogP contribution in [-0.4, -0.2) is 32.9 Å². The molecule has 37 heavy (non-hydrogen) atoms. The van der Waals surface area contributed by atoms with E-state index in [-0.39, 0.29) is 23.5 Å². The molecule has 1 aliphatic carbocycles. The molecule has 0 heterocycles. The molecule has 0 amide bonds. The highest BCUT2D eigenvalue weighted by Gasteiger charge is 2.43. The average Bonchev–Trinajstić information content (AvgIpc) is 3.37. The second-order valence-electron chi connectivity index (χ2n) is 10.4. The fourth-order valence-electron chi connectivity index (χ4n) is 6.13. The molecular weight excluding hydrogens is 464 g/mol. The Hall–Kier alpha value is -3.34. The molecule has 3 aromatic carbocycles. The summed E-state index contributed by atoms with van der Waals surface area (Å²) in [6.07, 6.45) is 2.63. The predicted octanol–water partition coefficient (Wildman–Crippen LogP) is 6.92. The lowest BCUT2D eigenvalue weighted by molar-refractivity contribution is -0.127. The topological polar surface area (TPSA) is 61.8 Å². The number of Topliss-reactive ketones (excluding diaryl/α,β-unsaturated/α-hetero) is 2. The van der Waals surface area contributed by atoms with Crippen molar-refractivity contribution in [3.05, 3.63) is 54.1 Å². The van der Waals surface area contributed by atoms with Gasteiger partial charge in [-0.15, -0.1) is 0 Å². The van der Waals surface area contributed by atoms with Gasteiger partial charge in [-0.3, -0.25) is 9.59 Å². The van der Waals surface area contributed by atoms with Crippen molar-refractivity contribution in [2.45, 2.75) is 46.5 Å². The molecule has 1 fully saturated rings. The van der Waals surface area contributed by atoms with Crippen LogP contribution in [0.25, 0.3) is 21.9 Å². The molecule has 0 bridgehead atoms. The van der Waals surface area contributed by atoms with Crippen molar-refractivity contribution in [1.29, 1.82) is 0 Å². The van der Waals surface area contributed by atoms with E-state index in [9.17, 15) is 9.59 Å². The molecule has 0 aliphatic heterocycles. The smallest absolute Gasteiger partial charge is 0.203 e. The third-order valence-corrected chi connectivity index (χ3v) is 7.94. The number of ketones is 2. The maximum absolute atomic E-state index is 13.4. The number of ether oxygens (including phenoxy) is 3. The molecule has 3 unspecified atom stereocenters. The van der Waals surface area contributed by atoms with Gasteiger partial charge in [0, 0.05) is 24.7 Å². The van der Waals surface area contributed by atoms with Crippen molar-refractivity contribution in [2.24, 2.45) is 23.7 Å². The molecule has 0 spiro atoms. The summed E-state index contributed by atoms with van der Waals surface area (Å²) < 4.78 is 16.5. The molecule has 1 aliphatic rings. The molecule has 5 heteroatoms. The minimum absolute atomic E-state index is 0.0291. The molecule has 0 saturated heterocycles. The summed E-state index contributed by atoms with van der Waals surface area (Å²) in [5.74, 6) is 2.84. The minimum Gasteiger partial charge on any atom is -0.493 e. The monoisotopic (exact) mass is 502 g/mol. The maximum atomic E-state index is 13.4. The number of carbonyl (C=O) groups is 2. The highest BCUT2D eigenvalue weighted by atomic mass is 16.5. The zero-order chi connectivity index (χ0) is 26.7. The summed E-state index contributed by atoms with van der Waals surface area (Å²) in [5, 5.41) is 2.18. The third kappa shape index (κ3) is 5.36. The second-order valence-corrected chi connectivity index (χ2v) is 10.4. The quantitative estimate of drug-likeness (QED) is 0.301. The van der Waals surface area contributed by atoms with Crippen LogP contribution < -0.4 is 14.2 Å². The molecule has 0 radical (unpaired) electrons. The number of benzene rings is 3. The van der Waals surface area contributed by atoms with Gasteiger partial charge in [-0.05, 0) is 70.3 Å². The van der Waals surface area contributed by atoms with Crippen molar-refractivity contribution in [1.82, 2.24) is 0 Å². The van der Waals surface area contributed by atoms with Crippen molar-refractivity contribution in [3.8, 4) is 28.4 Å². The zero-order valence-electron chi connectivity index (χ0n) is 22.8. The van der Waals surface area contributed by atoms with E-state index in [2.05, 4.69) is 44.2 Å². The van der Waals surface area contributed by atoms with E-state index >= 15 is 0 Å². The highest BCUT2D eigenvalue weighted by molar-refractivity contribution is 5.91. The first-order valence-electron chi connectivity index (χ1n) is 13.2. The van der Waals surface area contributed by atoms with E-state index in [4.69, 9.17) is 14.2 Å². The summed E-state index contributed by atoms with van der Waals surface area (Å²) in [5.41, 5.74) is 3.02. The van der Waals surface area contributed by atoms with Crippen LogP contribution in [0, 0.1) is 23.7 Å². The normalized spacial score (nSPS) is 19.3. The zero-order valence-corrected chi connectivity index (χ0v) is 22.8. The van der Waals surface area contributed by atoms with Crippen molar-refractivity contribution >= 4 is 22.3 Å². The predicted molar refractivity (Wildman–Crippen MR) is 148 cm³/mol. The van der Waals surface area contributed by atoms with Gasteiger partial charge in [0.2, 0.25) is 5.75 Å². The highest BCUT2D eigenvalue weighted by Crippen LogP contribution is 2.44. The average molecular weight is 503 g/mol. The van der Waals surface area contributed by atoms with Gasteiger partial charge in [-0.25, -0.2) is 0 Å². The Morgan fingerprint density at radius 3 is 1.95 bits per heavy atom. The molecule has 3 atom stereocenters. The van der Waals surface area contributed by atoms with Gasteiger partial charge in [-0.1, -0.05) is 51.1 Å². The first-order valence-corrected chi connectivity index (χ1v) is 13.2. The molecule has 1 saturated carbocycles. The van der Waals surface area contributed by atoms with Gasteiger partial charge >= 0.3 is 0 Å². The molecule has 0 aromatic heterocycles. The number of carbonyl (C=O) groups excluding carboxylic acids is 2. The molecule has 3 aromatic rings. The molecule has 4 rings (SSSR count). The van der Waals surface area contributed by atoms with E-state index in [0.717, 1.165) is 40.3 Å². The lowest BCUT2D eigenvalue weighted by Gasteiger charge is -2.27. The van der Waals surface area contributed by atoms with Gasteiger partial charge < -0.3 is 14.2 Å². The van der Waals surface area contributed by atoms with E-state index in [1.54, 1.807) is 21.3 Å². The summed E-state index contributed by atoms with van der Waals surface area (Å²) in [6.45, 7) is 6.22. The van der Waals surface area contributed by atoms with E-state index in [0.29, 0.717) is 41.8 Å². The van der Waals surface area contributed by atoms with E-state index in [1.165, 1.54) is 0 Å². The molecule has 0 N–H and O–H groups in total. The number of rotatable bonds is 10. The summed E-state index contributed by atoms with van der Waals surface area (Å²) >= 11 is 0. The Labute approximate surface area is 220 Å². The van der Waals surface area contributed by atoms with Crippen molar-refractivity contribution in [3.63, 3.8) is 0 Å². The first kappa shape index (κ1) is 26.7. The van der Waals surface area contributed by atoms with Crippen LogP contribution in [0.5, 0.6) is 17.2 Å².